The van der Waals surface area contributed by atoms with E-state index in [1.807, 2.05) is 6.07 Å². The van der Waals surface area contributed by atoms with Crippen LogP contribution in [-0.2, 0) is 45.0 Å². The first-order valence-corrected chi connectivity index (χ1v) is 23.7. The lowest BCUT2D eigenvalue weighted by Gasteiger charge is -2.27. The second-order valence-electron chi connectivity index (χ2n) is 16.4. The van der Waals surface area contributed by atoms with Crippen LogP contribution in [0.15, 0.2) is 94.6 Å². The Morgan fingerprint density at radius 2 is 1.58 bits per heavy atom. The summed E-state index contributed by atoms with van der Waals surface area (Å²) in [5.74, 6) is -3.71. The monoisotopic (exact) mass is 964 g/mol. The number of nitrogens with one attached hydrogen (secondary N) is 5. The third-order valence-corrected chi connectivity index (χ3v) is 13.2. The Bertz CT molecular complexity index is 2870. The van der Waals surface area contributed by atoms with E-state index in [0.29, 0.717) is 54.3 Å². The number of ether oxygens (including phenoxy) is 3. The van der Waals surface area contributed by atoms with E-state index >= 15 is 4.39 Å². The second kappa shape index (κ2) is 21.3. The number of fused-ring (bicyclic) bond motifs is 2. The Morgan fingerprint density at radius 1 is 0.841 bits per heavy atom. The number of aliphatic imine (C=N–C) groups is 1. The Kier molecular flexibility index (Phi) is 14.9. The van der Waals surface area contributed by atoms with Gasteiger partial charge < -0.3 is 35.9 Å². The van der Waals surface area contributed by atoms with Gasteiger partial charge in [-0.2, -0.15) is 0 Å². The lowest BCUT2D eigenvalue weighted by molar-refractivity contribution is -0.136. The number of halogens is 1. The van der Waals surface area contributed by atoms with E-state index in [4.69, 9.17) is 19.9 Å². The summed E-state index contributed by atoms with van der Waals surface area (Å²) in [5.41, 5.74) is 10.9. The van der Waals surface area contributed by atoms with Crippen LogP contribution in [0.25, 0.3) is 5.57 Å². The summed E-state index contributed by atoms with van der Waals surface area (Å²) in [4.78, 5) is 79.9. The topological polar surface area (TPSA) is 266 Å². The number of hydrogen-bond donors (Lipinski definition) is 6. The number of allylic oxidation sites excluding steroid dienone is 1. The first kappa shape index (κ1) is 48.1. The summed E-state index contributed by atoms with van der Waals surface area (Å²) in [6.07, 6.45) is 2.69. The van der Waals surface area contributed by atoms with E-state index in [1.165, 1.54) is 42.5 Å². The van der Waals surface area contributed by atoms with Crippen LogP contribution >= 0.6 is 0 Å². The van der Waals surface area contributed by atoms with Crippen molar-refractivity contribution in [2.24, 2.45) is 10.7 Å². The third kappa shape index (κ3) is 11.2. The molecule has 69 heavy (non-hydrogen) atoms. The maximum absolute atomic E-state index is 15.6. The van der Waals surface area contributed by atoms with E-state index in [0.717, 1.165) is 22.1 Å². The number of benzene rings is 4. The number of imide groups is 2. The Labute approximate surface area is 396 Å². The summed E-state index contributed by atoms with van der Waals surface area (Å²) in [6.45, 7) is 2.30. The van der Waals surface area contributed by atoms with Crippen LogP contribution in [0.1, 0.15) is 79.4 Å². The van der Waals surface area contributed by atoms with E-state index < -0.39 is 51.4 Å². The van der Waals surface area contributed by atoms with Gasteiger partial charge in [-0.3, -0.25) is 43.7 Å². The fourth-order valence-electron chi connectivity index (χ4n) is 8.36. The van der Waals surface area contributed by atoms with Gasteiger partial charge in [0.25, 0.3) is 27.7 Å². The first-order valence-electron chi connectivity index (χ1n) is 22.3. The van der Waals surface area contributed by atoms with E-state index in [2.05, 4.69) is 31.0 Å². The van der Waals surface area contributed by atoms with Crippen molar-refractivity contribution in [3.8, 4) is 0 Å². The molecule has 1 saturated heterocycles. The molecule has 6 amide bonds. The predicted octanol–water partition coefficient (Wildman–Crippen LogP) is 3.69. The SMILES string of the molecule is NC1=C(c2ccc3c(c2)CCNC3=O)CC(c2ccc(S(=O)(=O)Nc3ccc(NC(=O)CCOCCOCCOCCNc4cccc5c4C(=O)N(C4CCC(=O)NC4=O)C5=O)cc3)cc2F)C=N1. The van der Waals surface area contributed by atoms with Gasteiger partial charge in [-0.05, 0) is 90.6 Å². The molecule has 4 aromatic rings. The molecule has 4 heterocycles. The Hall–Kier alpha value is -7.33. The number of amides is 6. The van der Waals surface area contributed by atoms with Crippen LogP contribution in [0, 0.1) is 5.82 Å². The second-order valence-corrected chi connectivity index (χ2v) is 18.1. The molecule has 7 N–H and O–H groups in total. The molecule has 1 fully saturated rings. The third-order valence-electron chi connectivity index (χ3n) is 11.9. The zero-order chi connectivity index (χ0) is 48.7. The number of nitrogens with two attached hydrogens (primary N) is 1. The van der Waals surface area contributed by atoms with E-state index in [9.17, 15) is 37.2 Å². The van der Waals surface area contributed by atoms with Crippen molar-refractivity contribution in [3.05, 3.63) is 124 Å². The van der Waals surface area contributed by atoms with Gasteiger partial charge in [-0.25, -0.2) is 17.8 Å². The normalized spacial score (nSPS) is 17.9. The molecule has 19 nitrogen and oxygen atoms in total. The number of carbonyl (C=O) groups excluding carboxylic acids is 6. The van der Waals surface area contributed by atoms with Gasteiger partial charge >= 0.3 is 0 Å². The average Bonchev–Trinajstić information content (AvgIpc) is 3.58. The zero-order valence-electron chi connectivity index (χ0n) is 37.2. The lowest BCUT2D eigenvalue weighted by atomic mass is 9.86. The van der Waals surface area contributed by atoms with Gasteiger partial charge in [0.1, 0.15) is 17.7 Å². The van der Waals surface area contributed by atoms with Crippen molar-refractivity contribution in [2.45, 2.75) is 49.0 Å². The van der Waals surface area contributed by atoms with Crippen molar-refractivity contribution >= 4 is 74.3 Å². The highest BCUT2D eigenvalue weighted by molar-refractivity contribution is 7.92. The molecule has 2 atom stereocenters. The highest BCUT2D eigenvalue weighted by atomic mass is 32.2. The Morgan fingerprint density at radius 3 is 2.33 bits per heavy atom. The number of piperidine rings is 1. The molecule has 8 rings (SSSR count). The molecule has 4 aromatic carbocycles. The number of carbonyl (C=O) groups is 6. The van der Waals surface area contributed by atoms with Crippen molar-refractivity contribution in [2.75, 3.05) is 68.1 Å². The molecular formula is C48H49FN8O11S. The van der Waals surface area contributed by atoms with Crippen LogP contribution in [0.4, 0.5) is 21.5 Å². The highest BCUT2D eigenvalue weighted by Gasteiger charge is 2.45. The molecule has 2 unspecified atom stereocenters. The summed E-state index contributed by atoms with van der Waals surface area (Å²) < 4.78 is 61.2. The van der Waals surface area contributed by atoms with Crippen molar-refractivity contribution in [1.82, 2.24) is 15.5 Å². The number of nitrogens with zero attached hydrogens (tertiary/aromatic N) is 2. The van der Waals surface area contributed by atoms with Crippen molar-refractivity contribution < 1.29 is 55.8 Å². The van der Waals surface area contributed by atoms with Crippen molar-refractivity contribution in [3.63, 3.8) is 0 Å². The molecule has 0 spiro atoms. The van der Waals surface area contributed by atoms with Crippen LogP contribution in [0.2, 0.25) is 0 Å². The molecule has 4 aliphatic rings. The fraction of sp³-hybridized carbons (Fsp3) is 0.312. The number of hydrogen-bond acceptors (Lipinski definition) is 14. The van der Waals surface area contributed by atoms with E-state index in [1.54, 1.807) is 30.5 Å². The van der Waals surface area contributed by atoms with Gasteiger partial charge in [0.15, 0.2) is 0 Å². The average molecular weight is 965 g/mol. The number of anilines is 3. The van der Waals surface area contributed by atoms with Gasteiger partial charge in [-0.15, -0.1) is 0 Å². The molecule has 0 aliphatic carbocycles. The molecule has 21 heteroatoms. The molecule has 0 bridgehead atoms. The lowest BCUT2D eigenvalue weighted by Crippen LogP contribution is -2.54. The quantitative estimate of drug-likeness (QED) is 0.0546. The van der Waals surface area contributed by atoms with Crippen molar-refractivity contribution in [1.29, 1.82) is 0 Å². The van der Waals surface area contributed by atoms with Crippen LogP contribution < -0.4 is 31.7 Å². The summed E-state index contributed by atoms with van der Waals surface area (Å²) in [5, 5.41) is 10.8. The van der Waals surface area contributed by atoms with Gasteiger partial charge in [0, 0.05) is 59.8 Å². The predicted molar refractivity (Wildman–Crippen MR) is 250 cm³/mol. The summed E-state index contributed by atoms with van der Waals surface area (Å²) >= 11 is 0. The standard InChI is InChI=1S/C48H49FN8O11S/c49-38-26-33(9-11-34(38)30-25-37(44(50)53-27-30)28-4-10-35-29(24-28)14-16-52-45(35)60)69(64,65)56-32-7-5-31(6-8-32)54-42(59)15-18-66-20-22-68-23-21-67-19-17-51-39-3-1-2-36-43(39)48(63)57(47(36)62)40-12-13-41(58)55-46(40)61/h1-11,24,26-27,30,40,51,56H,12-23,25,50H2,(H,52,60)(H,54,59)(H,55,58,61). The maximum atomic E-state index is 15.6. The minimum Gasteiger partial charge on any atom is -0.383 e. The van der Waals surface area contributed by atoms with Crippen LogP contribution in [-0.4, -0.2) is 114 Å². The first-order chi connectivity index (χ1) is 33.3. The van der Waals surface area contributed by atoms with Gasteiger partial charge in [-0.1, -0.05) is 24.3 Å². The molecule has 0 aromatic heterocycles. The minimum absolute atomic E-state index is 0.0336. The molecule has 0 radical (unpaired) electrons. The summed E-state index contributed by atoms with van der Waals surface area (Å²) in [6, 6.07) is 18.9. The maximum Gasteiger partial charge on any atom is 0.264 e. The summed E-state index contributed by atoms with van der Waals surface area (Å²) in [7, 11) is -4.19. The van der Waals surface area contributed by atoms with Gasteiger partial charge in [0.05, 0.1) is 62.1 Å². The van der Waals surface area contributed by atoms with Crippen LogP contribution in [0.3, 0.4) is 0 Å². The number of rotatable bonds is 20. The molecule has 0 saturated carbocycles. The highest BCUT2D eigenvalue weighted by Crippen LogP contribution is 2.36. The van der Waals surface area contributed by atoms with Crippen LogP contribution in [0.5, 0.6) is 0 Å². The largest absolute Gasteiger partial charge is 0.383 e. The van der Waals surface area contributed by atoms with Gasteiger partial charge in [0.2, 0.25) is 17.7 Å². The molecular weight excluding hydrogens is 916 g/mol. The van der Waals surface area contributed by atoms with E-state index in [-0.39, 0.29) is 98.0 Å². The molecule has 4 aliphatic heterocycles. The molecule has 360 valence electrons. The fourth-order valence-corrected chi connectivity index (χ4v) is 9.43. The minimum atomic E-state index is -4.19. The smallest absolute Gasteiger partial charge is 0.264 e. The Balaban J connectivity index is 0.697. The zero-order valence-corrected chi connectivity index (χ0v) is 38.0. The number of sulfonamides is 1.